The fourth-order valence-electron chi connectivity index (χ4n) is 0.612. The molecule has 3 heteroatoms. The number of carbonyl (C=O) groups is 1. The van der Waals surface area contributed by atoms with Crippen LogP contribution in [0.4, 0.5) is 4.79 Å². The van der Waals surface area contributed by atoms with Crippen LogP contribution >= 0.6 is 0 Å². The summed E-state index contributed by atoms with van der Waals surface area (Å²) < 4.78 is 0. The smallest absolute Gasteiger partial charge is 0.314 e. The van der Waals surface area contributed by atoms with Gasteiger partial charge in [-0.05, 0) is 20.3 Å². The highest BCUT2D eigenvalue weighted by Crippen LogP contribution is 1.91. The molecule has 0 aromatic rings. The number of amides is 2. The van der Waals surface area contributed by atoms with Crippen molar-refractivity contribution in [2.75, 3.05) is 13.1 Å². The minimum absolute atomic E-state index is 0.103. The number of hydrogen-bond donors (Lipinski definition) is 2. The minimum atomic E-state index is -0.103. The molecule has 0 spiro atoms. The summed E-state index contributed by atoms with van der Waals surface area (Å²) in [6.07, 6.45) is 0.844. The van der Waals surface area contributed by atoms with Gasteiger partial charge in [0.2, 0.25) is 0 Å². The molecule has 64 valence electrons. The molecule has 3 nitrogen and oxygen atoms in total. The minimum Gasteiger partial charge on any atom is -0.338 e. The molecular weight excluding hydrogens is 140 g/mol. The molecule has 0 aromatic heterocycles. The van der Waals surface area contributed by atoms with E-state index in [4.69, 9.17) is 0 Å². The fourth-order valence-corrected chi connectivity index (χ4v) is 0.612. The molecule has 0 aliphatic heterocycles. The van der Waals surface area contributed by atoms with Crippen LogP contribution in [0.2, 0.25) is 0 Å². The molecule has 0 aromatic carbocycles. The largest absolute Gasteiger partial charge is 0.338 e. The molecule has 0 saturated carbocycles. The van der Waals surface area contributed by atoms with E-state index in [1.165, 1.54) is 0 Å². The number of carbonyl (C=O) groups excluding carboxylic acids is 1. The molecule has 0 aliphatic carbocycles. The van der Waals surface area contributed by atoms with Crippen molar-refractivity contribution < 1.29 is 4.79 Å². The Bertz CT molecular complexity index is 143. The van der Waals surface area contributed by atoms with Crippen LogP contribution in [0, 0.1) is 0 Å². The van der Waals surface area contributed by atoms with Crippen LogP contribution in [0.15, 0.2) is 12.2 Å². The van der Waals surface area contributed by atoms with Gasteiger partial charge in [-0.3, -0.25) is 0 Å². The second-order valence-corrected chi connectivity index (χ2v) is 2.49. The van der Waals surface area contributed by atoms with E-state index in [9.17, 15) is 4.79 Å². The lowest BCUT2D eigenvalue weighted by molar-refractivity contribution is 0.241. The van der Waals surface area contributed by atoms with Crippen molar-refractivity contribution in [2.45, 2.75) is 20.3 Å². The van der Waals surface area contributed by atoms with E-state index in [0.717, 1.165) is 12.0 Å². The summed E-state index contributed by atoms with van der Waals surface area (Å²) in [5, 5.41) is 5.34. The van der Waals surface area contributed by atoms with Crippen molar-refractivity contribution in [1.82, 2.24) is 10.6 Å². The van der Waals surface area contributed by atoms with Gasteiger partial charge in [0.25, 0.3) is 0 Å². The molecule has 0 aliphatic rings. The van der Waals surface area contributed by atoms with E-state index in [0.29, 0.717) is 13.1 Å². The Kier molecular flexibility index (Phi) is 5.25. The van der Waals surface area contributed by atoms with Gasteiger partial charge in [-0.1, -0.05) is 5.57 Å². The summed E-state index contributed by atoms with van der Waals surface area (Å²) >= 11 is 0. The number of nitrogens with one attached hydrogen (secondary N) is 2. The maximum Gasteiger partial charge on any atom is 0.314 e. The van der Waals surface area contributed by atoms with Crippen LogP contribution in [0.1, 0.15) is 20.3 Å². The first kappa shape index (κ1) is 10.0. The molecule has 11 heavy (non-hydrogen) atoms. The molecule has 0 unspecified atom stereocenters. The van der Waals surface area contributed by atoms with E-state index in [-0.39, 0.29) is 6.03 Å². The predicted octanol–water partition coefficient (Wildman–Crippen LogP) is 1.27. The van der Waals surface area contributed by atoms with Gasteiger partial charge in [-0.15, -0.1) is 6.58 Å². The highest BCUT2D eigenvalue weighted by atomic mass is 16.2. The van der Waals surface area contributed by atoms with Crippen molar-refractivity contribution in [3.05, 3.63) is 12.2 Å². The van der Waals surface area contributed by atoms with Crippen molar-refractivity contribution in [3.8, 4) is 0 Å². The molecular formula is C8H16N2O. The highest BCUT2D eigenvalue weighted by Gasteiger charge is 1.94. The highest BCUT2D eigenvalue weighted by molar-refractivity contribution is 5.73. The molecule has 0 radical (unpaired) electrons. The molecule has 2 amide bonds. The second-order valence-electron chi connectivity index (χ2n) is 2.49. The first-order valence-electron chi connectivity index (χ1n) is 3.83. The van der Waals surface area contributed by atoms with E-state index < -0.39 is 0 Å². The summed E-state index contributed by atoms with van der Waals surface area (Å²) in [6, 6.07) is -0.103. The third-order valence-corrected chi connectivity index (χ3v) is 1.17. The zero-order valence-corrected chi connectivity index (χ0v) is 7.24. The average molecular weight is 156 g/mol. The molecule has 0 rings (SSSR count). The first-order chi connectivity index (χ1) is 5.16. The normalized spacial score (nSPS) is 8.91. The first-order valence-corrected chi connectivity index (χ1v) is 3.83. The van der Waals surface area contributed by atoms with Crippen LogP contribution in [0.5, 0.6) is 0 Å². The maximum atomic E-state index is 10.8. The Labute approximate surface area is 67.9 Å². The molecule has 0 fully saturated rings. The van der Waals surface area contributed by atoms with Gasteiger partial charge in [-0.25, -0.2) is 4.79 Å². The topological polar surface area (TPSA) is 41.1 Å². The summed E-state index contributed by atoms with van der Waals surface area (Å²) in [4.78, 5) is 10.8. The van der Waals surface area contributed by atoms with Gasteiger partial charge in [0.05, 0.1) is 0 Å². The van der Waals surface area contributed by atoms with E-state index in [1.807, 2.05) is 13.8 Å². The quantitative estimate of drug-likeness (QED) is 0.591. The van der Waals surface area contributed by atoms with Gasteiger partial charge in [-0.2, -0.15) is 0 Å². The fraction of sp³-hybridized carbons (Fsp3) is 0.625. The number of rotatable bonds is 4. The Balaban J connectivity index is 3.24. The van der Waals surface area contributed by atoms with Crippen LogP contribution in [0.25, 0.3) is 0 Å². The standard InChI is InChI=1S/C8H16N2O/c1-4-9-8(11)10-6-5-7(2)3/h2,4-6H2,1,3H3,(H2,9,10,11). The molecule has 0 heterocycles. The second kappa shape index (κ2) is 5.77. The zero-order chi connectivity index (χ0) is 8.69. The molecule has 0 atom stereocenters. The van der Waals surface area contributed by atoms with Crippen LogP contribution in [-0.2, 0) is 0 Å². The average Bonchev–Trinajstić information content (AvgIpc) is 1.87. The maximum absolute atomic E-state index is 10.8. The Morgan fingerprint density at radius 3 is 2.55 bits per heavy atom. The van der Waals surface area contributed by atoms with Crippen molar-refractivity contribution in [3.63, 3.8) is 0 Å². The van der Waals surface area contributed by atoms with Gasteiger partial charge in [0.1, 0.15) is 0 Å². The van der Waals surface area contributed by atoms with Gasteiger partial charge in [0, 0.05) is 13.1 Å². The lowest BCUT2D eigenvalue weighted by Crippen LogP contribution is -2.35. The monoisotopic (exact) mass is 156 g/mol. The summed E-state index contributed by atoms with van der Waals surface area (Å²) in [5.74, 6) is 0. The lowest BCUT2D eigenvalue weighted by atomic mass is 10.2. The van der Waals surface area contributed by atoms with Crippen molar-refractivity contribution in [1.29, 1.82) is 0 Å². The van der Waals surface area contributed by atoms with E-state index in [1.54, 1.807) is 0 Å². The lowest BCUT2D eigenvalue weighted by Gasteiger charge is -2.04. The van der Waals surface area contributed by atoms with Crippen LogP contribution in [0.3, 0.4) is 0 Å². The Morgan fingerprint density at radius 2 is 2.09 bits per heavy atom. The summed E-state index contributed by atoms with van der Waals surface area (Å²) in [5.41, 5.74) is 1.08. The Morgan fingerprint density at radius 1 is 1.45 bits per heavy atom. The van der Waals surface area contributed by atoms with Crippen LogP contribution < -0.4 is 10.6 Å². The third kappa shape index (κ3) is 6.90. The van der Waals surface area contributed by atoms with Crippen LogP contribution in [-0.4, -0.2) is 19.1 Å². The van der Waals surface area contributed by atoms with Gasteiger partial charge >= 0.3 is 6.03 Å². The summed E-state index contributed by atoms with van der Waals surface area (Å²) in [7, 11) is 0. The van der Waals surface area contributed by atoms with E-state index >= 15 is 0 Å². The van der Waals surface area contributed by atoms with Crippen molar-refractivity contribution in [2.24, 2.45) is 0 Å². The number of urea groups is 1. The molecule has 0 saturated heterocycles. The third-order valence-electron chi connectivity index (χ3n) is 1.17. The molecule has 0 bridgehead atoms. The Hall–Kier alpha value is -0.990. The van der Waals surface area contributed by atoms with Gasteiger partial charge < -0.3 is 10.6 Å². The summed E-state index contributed by atoms with van der Waals surface area (Å²) in [6.45, 7) is 8.89. The SMILES string of the molecule is C=C(C)CCNC(=O)NCC. The van der Waals surface area contributed by atoms with Crippen molar-refractivity contribution >= 4 is 6.03 Å². The van der Waals surface area contributed by atoms with E-state index in [2.05, 4.69) is 17.2 Å². The van der Waals surface area contributed by atoms with Gasteiger partial charge in [0.15, 0.2) is 0 Å². The number of hydrogen-bond acceptors (Lipinski definition) is 1. The zero-order valence-electron chi connectivity index (χ0n) is 7.24. The molecule has 2 N–H and O–H groups in total. The predicted molar refractivity (Wildman–Crippen MR) is 46.5 cm³/mol.